The molecule has 0 aliphatic heterocycles. The summed E-state index contributed by atoms with van der Waals surface area (Å²) < 4.78 is 5.23. The summed E-state index contributed by atoms with van der Waals surface area (Å²) in [5.74, 6) is 5.14. The van der Waals surface area contributed by atoms with Gasteiger partial charge < -0.3 is 4.74 Å². The van der Waals surface area contributed by atoms with E-state index in [0.717, 1.165) is 29.6 Å². The number of ether oxygens (including phenoxy) is 1. The van der Waals surface area contributed by atoms with Crippen LogP contribution in [0.25, 0.3) is 0 Å². The molecular formula is C19H32O. The van der Waals surface area contributed by atoms with Crippen LogP contribution in [0.15, 0.2) is 11.8 Å². The molecule has 3 aliphatic carbocycles. The van der Waals surface area contributed by atoms with Crippen LogP contribution < -0.4 is 0 Å². The van der Waals surface area contributed by atoms with Crippen molar-refractivity contribution in [3.8, 4) is 0 Å². The first kappa shape index (κ1) is 14.5. The number of methoxy groups -OCH3 is 1. The van der Waals surface area contributed by atoms with Crippen molar-refractivity contribution >= 4 is 0 Å². The van der Waals surface area contributed by atoms with E-state index in [2.05, 4.69) is 6.92 Å². The Morgan fingerprint density at radius 1 is 0.850 bits per heavy atom. The standard InChI is InChI=1S/C19H32O/c1-14-3-6-16(7-4-14)18-10-9-17-11-15(13-20-2)5-8-19(17)12-18/h13-14,16-19H,3-12H2,1-2H3/b15-13-. The van der Waals surface area contributed by atoms with Crippen molar-refractivity contribution in [1.29, 1.82) is 0 Å². The summed E-state index contributed by atoms with van der Waals surface area (Å²) in [5, 5.41) is 0. The molecule has 0 spiro atoms. The topological polar surface area (TPSA) is 9.23 Å². The Kier molecular flexibility index (Phi) is 4.73. The van der Waals surface area contributed by atoms with E-state index >= 15 is 0 Å². The molecule has 3 aliphatic rings. The lowest BCUT2D eigenvalue weighted by molar-refractivity contribution is 0.0903. The van der Waals surface area contributed by atoms with E-state index in [1.807, 2.05) is 6.26 Å². The number of rotatable bonds is 2. The Labute approximate surface area is 125 Å². The Bertz CT molecular complexity index is 338. The fourth-order valence-electron chi connectivity index (χ4n) is 5.25. The van der Waals surface area contributed by atoms with Gasteiger partial charge in [-0.15, -0.1) is 0 Å². The van der Waals surface area contributed by atoms with Crippen LogP contribution in [-0.4, -0.2) is 7.11 Å². The first-order valence-electron chi connectivity index (χ1n) is 8.97. The van der Waals surface area contributed by atoms with E-state index < -0.39 is 0 Å². The van der Waals surface area contributed by atoms with Crippen LogP contribution in [0.4, 0.5) is 0 Å². The summed E-state index contributed by atoms with van der Waals surface area (Å²) in [6.07, 6.45) is 16.7. The normalized spacial score (nSPS) is 44.1. The van der Waals surface area contributed by atoms with Crippen molar-refractivity contribution in [2.45, 2.75) is 71.1 Å². The minimum Gasteiger partial charge on any atom is -0.504 e. The van der Waals surface area contributed by atoms with Crippen LogP contribution >= 0.6 is 0 Å². The van der Waals surface area contributed by atoms with Gasteiger partial charge in [0.15, 0.2) is 0 Å². The highest BCUT2D eigenvalue weighted by molar-refractivity contribution is 5.06. The second-order valence-corrected chi connectivity index (χ2v) is 7.87. The van der Waals surface area contributed by atoms with Crippen molar-refractivity contribution in [2.75, 3.05) is 7.11 Å². The van der Waals surface area contributed by atoms with Crippen LogP contribution in [0, 0.1) is 29.6 Å². The van der Waals surface area contributed by atoms with Gasteiger partial charge in [0.1, 0.15) is 0 Å². The third-order valence-electron chi connectivity index (χ3n) is 6.55. The highest BCUT2D eigenvalue weighted by atomic mass is 16.5. The molecule has 0 bridgehead atoms. The van der Waals surface area contributed by atoms with E-state index in [0.29, 0.717) is 0 Å². The molecule has 1 nitrogen and oxygen atoms in total. The van der Waals surface area contributed by atoms with Gasteiger partial charge in [0.25, 0.3) is 0 Å². The molecule has 0 aromatic carbocycles. The van der Waals surface area contributed by atoms with Gasteiger partial charge in [0.2, 0.25) is 0 Å². The van der Waals surface area contributed by atoms with Gasteiger partial charge in [-0.1, -0.05) is 19.8 Å². The molecule has 3 rings (SSSR count). The van der Waals surface area contributed by atoms with Crippen molar-refractivity contribution in [3.05, 3.63) is 11.8 Å². The molecule has 3 unspecified atom stereocenters. The van der Waals surface area contributed by atoms with Crippen LogP contribution in [0.3, 0.4) is 0 Å². The SMILES string of the molecule is CO/C=C1/CCC2CC(C3CCC(C)CC3)CCC2C1. The average Bonchev–Trinajstić information content (AvgIpc) is 2.48. The largest absolute Gasteiger partial charge is 0.504 e. The number of hydrogen-bond acceptors (Lipinski definition) is 1. The zero-order valence-corrected chi connectivity index (χ0v) is 13.4. The van der Waals surface area contributed by atoms with Crippen LogP contribution in [0.5, 0.6) is 0 Å². The molecule has 0 aromatic heterocycles. The summed E-state index contributed by atoms with van der Waals surface area (Å²) in [5.41, 5.74) is 1.57. The highest BCUT2D eigenvalue weighted by Gasteiger charge is 2.37. The lowest BCUT2D eigenvalue weighted by atomic mass is 9.62. The van der Waals surface area contributed by atoms with Gasteiger partial charge in [-0.2, -0.15) is 0 Å². The molecule has 0 saturated heterocycles. The summed E-state index contributed by atoms with van der Waals surface area (Å²) in [4.78, 5) is 0. The smallest absolute Gasteiger partial charge is 0.0816 e. The molecule has 1 heteroatoms. The van der Waals surface area contributed by atoms with E-state index in [1.54, 1.807) is 19.1 Å². The van der Waals surface area contributed by atoms with Crippen molar-refractivity contribution in [1.82, 2.24) is 0 Å². The van der Waals surface area contributed by atoms with E-state index in [1.165, 1.54) is 57.8 Å². The Balaban J connectivity index is 1.53. The van der Waals surface area contributed by atoms with Crippen LogP contribution in [0.1, 0.15) is 71.1 Å². The highest BCUT2D eigenvalue weighted by Crippen LogP contribution is 2.48. The third-order valence-corrected chi connectivity index (χ3v) is 6.55. The first-order chi connectivity index (χ1) is 9.76. The minimum atomic E-state index is 0.976. The lowest BCUT2D eigenvalue weighted by Gasteiger charge is -2.44. The Hall–Kier alpha value is -0.460. The van der Waals surface area contributed by atoms with Gasteiger partial charge in [-0.05, 0) is 86.5 Å². The fraction of sp³-hybridized carbons (Fsp3) is 0.895. The zero-order valence-electron chi connectivity index (χ0n) is 13.4. The van der Waals surface area contributed by atoms with Crippen molar-refractivity contribution < 1.29 is 4.74 Å². The molecule has 0 N–H and O–H groups in total. The predicted octanol–water partition coefficient (Wildman–Crippen LogP) is 5.56. The molecular weight excluding hydrogens is 244 g/mol. The van der Waals surface area contributed by atoms with Crippen LogP contribution in [-0.2, 0) is 4.74 Å². The molecule has 0 aromatic rings. The van der Waals surface area contributed by atoms with Gasteiger partial charge in [0, 0.05) is 0 Å². The number of fused-ring (bicyclic) bond motifs is 1. The molecule has 3 fully saturated rings. The Morgan fingerprint density at radius 3 is 2.25 bits per heavy atom. The minimum absolute atomic E-state index is 0.976. The molecule has 0 radical (unpaired) electrons. The van der Waals surface area contributed by atoms with Gasteiger partial charge >= 0.3 is 0 Å². The lowest BCUT2D eigenvalue weighted by Crippen LogP contribution is -2.32. The molecule has 0 amide bonds. The predicted molar refractivity (Wildman–Crippen MR) is 84.4 cm³/mol. The van der Waals surface area contributed by atoms with Crippen molar-refractivity contribution in [3.63, 3.8) is 0 Å². The van der Waals surface area contributed by atoms with Gasteiger partial charge in [-0.3, -0.25) is 0 Å². The average molecular weight is 276 g/mol. The first-order valence-corrected chi connectivity index (χ1v) is 8.97. The zero-order chi connectivity index (χ0) is 13.9. The third kappa shape index (κ3) is 3.23. The second-order valence-electron chi connectivity index (χ2n) is 7.87. The Morgan fingerprint density at radius 2 is 1.50 bits per heavy atom. The molecule has 20 heavy (non-hydrogen) atoms. The second kappa shape index (κ2) is 6.54. The van der Waals surface area contributed by atoms with Crippen molar-refractivity contribution in [2.24, 2.45) is 29.6 Å². The maximum atomic E-state index is 5.23. The van der Waals surface area contributed by atoms with Gasteiger partial charge in [0.05, 0.1) is 13.4 Å². The van der Waals surface area contributed by atoms with E-state index in [9.17, 15) is 0 Å². The number of hydrogen-bond donors (Lipinski definition) is 0. The maximum Gasteiger partial charge on any atom is 0.0816 e. The summed E-state index contributed by atoms with van der Waals surface area (Å²) >= 11 is 0. The summed E-state index contributed by atoms with van der Waals surface area (Å²) in [6.45, 7) is 2.44. The van der Waals surface area contributed by atoms with Crippen LogP contribution in [0.2, 0.25) is 0 Å². The maximum absolute atomic E-state index is 5.23. The van der Waals surface area contributed by atoms with Gasteiger partial charge in [-0.25, -0.2) is 0 Å². The molecule has 3 atom stereocenters. The molecule has 114 valence electrons. The van der Waals surface area contributed by atoms with E-state index in [4.69, 9.17) is 4.74 Å². The monoisotopic (exact) mass is 276 g/mol. The van der Waals surface area contributed by atoms with E-state index in [-0.39, 0.29) is 0 Å². The fourth-order valence-corrected chi connectivity index (χ4v) is 5.25. The summed E-state index contributed by atoms with van der Waals surface area (Å²) in [6, 6.07) is 0. The number of allylic oxidation sites excluding steroid dienone is 1. The quantitative estimate of drug-likeness (QED) is 0.600. The summed E-state index contributed by atoms with van der Waals surface area (Å²) in [7, 11) is 1.79. The molecule has 3 saturated carbocycles. The molecule has 0 heterocycles.